The van der Waals surface area contributed by atoms with E-state index in [-0.39, 0.29) is 0 Å². The van der Waals surface area contributed by atoms with Crippen LogP contribution in [0.4, 0.5) is 16.5 Å². The molecule has 280 valence electrons. The summed E-state index contributed by atoms with van der Waals surface area (Å²) in [6.45, 7) is 13.6. The maximum absolute atomic E-state index is 4.64. The van der Waals surface area contributed by atoms with Crippen molar-refractivity contribution in [2.75, 3.05) is 61.3 Å². The van der Waals surface area contributed by atoms with Gasteiger partial charge in [-0.1, -0.05) is 83.8 Å². The number of thiazole rings is 1. The smallest absolute Gasteiger partial charge is 0.183 e. The first-order valence-corrected chi connectivity index (χ1v) is 22.1. The summed E-state index contributed by atoms with van der Waals surface area (Å²) in [5.74, 6) is 0. The predicted molar refractivity (Wildman–Crippen MR) is 236 cm³/mol. The van der Waals surface area contributed by atoms with Gasteiger partial charge >= 0.3 is 0 Å². The fourth-order valence-electron chi connectivity index (χ4n) is 7.95. The van der Waals surface area contributed by atoms with Crippen molar-refractivity contribution in [1.82, 2.24) is 14.8 Å². The Morgan fingerprint density at radius 1 is 0.759 bits per heavy atom. The van der Waals surface area contributed by atoms with Crippen LogP contribution in [0.15, 0.2) is 119 Å². The SMILES string of the molecule is CC1=C(Sc2ccccc2)CCN(CCCCNc2nc3ccccc3s2)C1.CC1Nc2ccccc2N1CCCN1CCc2sc3ccccc3c2C1. The molecule has 5 heterocycles. The highest BCUT2D eigenvalue weighted by atomic mass is 32.2. The Hall–Kier alpha value is -3.86. The van der Waals surface area contributed by atoms with Crippen LogP contribution in [0.5, 0.6) is 0 Å². The quantitative estimate of drug-likeness (QED) is 0.120. The number of rotatable bonds is 12. The first kappa shape index (κ1) is 37.1. The number of fused-ring (bicyclic) bond motifs is 5. The molecule has 0 aliphatic carbocycles. The van der Waals surface area contributed by atoms with E-state index in [4.69, 9.17) is 0 Å². The van der Waals surface area contributed by atoms with Crippen LogP contribution in [-0.2, 0) is 13.0 Å². The molecule has 54 heavy (non-hydrogen) atoms. The van der Waals surface area contributed by atoms with Gasteiger partial charge in [-0.3, -0.25) is 9.80 Å². The average Bonchev–Trinajstić information content (AvgIpc) is 3.89. The molecule has 3 aliphatic heterocycles. The number of para-hydroxylation sites is 3. The molecule has 6 aromatic rings. The number of thiophene rings is 1. The topological polar surface area (TPSA) is 46.7 Å². The van der Waals surface area contributed by atoms with Gasteiger partial charge in [0.2, 0.25) is 0 Å². The van der Waals surface area contributed by atoms with E-state index in [2.05, 4.69) is 141 Å². The molecular formula is C45H52N6S3. The molecule has 2 aromatic heterocycles. The Bertz CT molecular complexity index is 2140. The Labute approximate surface area is 333 Å². The van der Waals surface area contributed by atoms with Crippen LogP contribution in [0, 0.1) is 0 Å². The molecule has 0 bridgehead atoms. The summed E-state index contributed by atoms with van der Waals surface area (Å²) in [6, 6.07) is 36.6. The molecule has 4 aromatic carbocycles. The molecule has 0 saturated carbocycles. The molecule has 2 N–H and O–H groups in total. The third-order valence-electron chi connectivity index (χ3n) is 10.8. The predicted octanol–water partition coefficient (Wildman–Crippen LogP) is 11.2. The number of aromatic nitrogens is 1. The number of unbranched alkanes of at least 4 members (excludes halogenated alkanes) is 1. The molecule has 0 amide bonds. The molecule has 0 saturated heterocycles. The largest absolute Gasteiger partial charge is 0.364 e. The standard InChI is InChI=1S/C23H27N3S2.C22H25N3S/c1-18-17-26(16-13-21(18)27-19-9-3-2-4-10-19)15-8-7-14-24-23-25-20-11-5-6-12-22(20)28-23;1-16-23-19-8-3-4-9-20(19)25(16)13-6-12-24-14-11-22-18(15-24)17-7-2-5-10-21(17)26-22/h2-6,9-12H,7-8,13-17H2,1H3,(H,24,25);2-5,7-10,16,23H,6,11-15H2,1H3. The lowest BCUT2D eigenvalue weighted by Gasteiger charge is -2.29. The zero-order valence-corrected chi connectivity index (χ0v) is 34.0. The lowest BCUT2D eigenvalue weighted by Crippen LogP contribution is -2.36. The van der Waals surface area contributed by atoms with E-state index in [1.807, 2.05) is 29.2 Å². The van der Waals surface area contributed by atoms with Crippen molar-refractivity contribution in [2.45, 2.75) is 63.6 Å². The van der Waals surface area contributed by atoms with Crippen molar-refractivity contribution in [3.63, 3.8) is 0 Å². The first-order chi connectivity index (χ1) is 26.6. The van der Waals surface area contributed by atoms with E-state index in [0.29, 0.717) is 6.17 Å². The highest BCUT2D eigenvalue weighted by Gasteiger charge is 2.25. The van der Waals surface area contributed by atoms with E-state index in [9.17, 15) is 0 Å². The molecule has 6 nitrogen and oxygen atoms in total. The van der Waals surface area contributed by atoms with Crippen LogP contribution in [0.1, 0.15) is 50.0 Å². The number of nitrogens with zero attached hydrogens (tertiary/aromatic N) is 4. The van der Waals surface area contributed by atoms with E-state index in [0.717, 1.165) is 36.8 Å². The maximum Gasteiger partial charge on any atom is 0.183 e. The Morgan fingerprint density at radius 2 is 1.50 bits per heavy atom. The zero-order valence-electron chi connectivity index (χ0n) is 31.6. The summed E-state index contributed by atoms with van der Waals surface area (Å²) >= 11 is 5.68. The van der Waals surface area contributed by atoms with Crippen molar-refractivity contribution >= 4 is 71.2 Å². The normalized spacial score (nSPS) is 17.3. The number of hydrogen-bond acceptors (Lipinski definition) is 9. The van der Waals surface area contributed by atoms with E-state index in [1.54, 1.807) is 26.7 Å². The van der Waals surface area contributed by atoms with Crippen molar-refractivity contribution < 1.29 is 0 Å². The molecule has 0 fully saturated rings. The van der Waals surface area contributed by atoms with Crippen molar-refractivity contribution in [3.05, 3.63) is 124 Å². The number of anilines is 3. The van der Waals surface area contributed by atoms with Gasteiger partial charge in [0.05, 0.1) is 27.8 Å². The van der Waals surface area contributed by atoms with Gasteiger partial charge < -0.3 is 15.5 Å². The average molecular weight is 773 g/mol. The van der Waals surface area contributed by atoms with Crippen LogP contribution in [-0.4, -0.2) is 66.8 Å². The number of benzene rings is 4. The van der Waals surface area contributed by atoms with Gasteiger partial charge in [-0.05, 0) is 116 Å². The summed E-state index contributed by atoms with van der Waals surface area (Å²) in [6.07, 6.45) is 6.39. The van der Waals surface area contributed by atoms with Crippen LogP contribution >= 0.6 is 34.4 Å². The highest BCUT2D eigenvalue weighted by Crippen LogP contribution is 2.37. The summed E-state index contributed by atoms with van der Waals surface area (Å²) in [4.78, 5) is 16.9. The summed E-state index contributed by atoms with van der Waals surface area (Å²) < 4.78 is 2.71. The van der Waals surface area contributed by atoms with Gasteiger partial charge in [0, 0.05) is 60.3 Å². The Kier molecular flexibility index (Phi) is 12.2. The maximum atomic E-state index is 4.64. The van der Waals surface area contributed by atoms with Crippen LogP contribution < -0.4 is 15.5 Å². The lowest BCUT2D eigenvalue weighted by molar-refractivity contribution is 0.254. The minimum absolute atomic E-state index is 0.390. The van der Waals surface area contributed by atoms with Gasteiger partial charge in [0.25, 0.3) is 0 Å². The van der Waals surface area contributed by atoms with E-state index < -0.39 is 0 Å². The van der Waals surface area contributed by atoms with Gasteiger partial charge in [-0.15, -0.1) is 11.3 Å². The highest BCUT2D eigenvalue weighted by molar-refractivity contribution is 8.03. The molecular weight excluding hydrogens is 721 g/mol. The number of hydrogen-bond donors (Lipinski definition) is 2. The summed E-state index contributed by atoms with van der Waals surface area (Å²) in [5, 5.41) is 9.59. The number of thioether (sulfide) groups is 1. The molecule has 9 heteroatoms. The van der Waals surface area contributed by atoms with E-state index >= 15 is 0 Å². The molecule has 0 radical (unpaired) electrons. The van der Waals surface area contributed by atoms with Crippen molar-refractivity contribution in [2.24, 2.45) is 0 Å². The van der Waals surface area contributed by atoms with Gasteiger partial charge in [-0.2, -0.15) is 0 Å². The molecule has 1 unspecified atom stereocenters. The second kappa shape index (κ2) is 17.7. The van der Waals surface area contributed by atoms with Crippen LogP contribution in [0.2, 0.25) is 0 Å². The van der Waals surface area contributed by atoms with E-state index in [1.165, 1.54) is 94.9 Å². The fraction of sp³-hybridized carbons (Fsp3) is 0.356. The Balaban J connectivity index is 0.000000153. The molecule has 0 spiro atoms. The molecule has 3 aliphatic rings. The van der Waals surface area contributed by atoms with Crippen molar-refractivity contribution in [3.8, 4) is 0 Å². The lowest BCUT2D eigenvalue weighted by atomic mass is 10.0. The minimum Gasteiger partial charge on any atom is -0.364 e. The molecule has 1 atom stereocenters. The van der Waals surface area contributed by atoms with Gasteiger partial charge in [-0.25, -0.2) is 4.98 Å². The third kappa shape index (κ3) is 8.98. The van der Waals surface area contributed by atoms with Crippen LogP contribution in [0.25, 0.3) is 20.3 Å². The summed E-state index contributed by atoms with van der Waals surface area (Å²) in [7, 11) is 0. The second-order valence-corrected chi connectivity index (χ2v) is 18.0. The molecule has 9 rings (SSSR count). The summed E-state index contributed by atoms with van der Waals surface area (Å²) in [5.41, 5.74) is 6.83. The van der Waals surface area contributed by atoms with Crippen LogP contribution in [0.3, 0.4) is 0 Å². The minimum atomic E-state index is 0.390. The van der Waals surface area contributed by atoms with Crippen molar-refractivity contribution in [1.29, 1.82) is 0 Å². The van der Waals surface area contributed by atoms with Gasteiger partial charge in [0.1, 0.15) is 0 Å². The Morgan fingerprint density at radius 3 is 2.37 bits per heavy atom. The monoisotopic (exact) mass is 772 g/mol. The first-order valence-electron chi connectivity index (χ1n) is 19.6. The third-order valence-corrected chi connectivity index (χ3v) is 14.4. The number of nitrogens with one attached hydrogen (secondary N) is 2. The zero-order chi connectivity index (χ0) is 36.7. The second-order valence-electron chi connectivity index (χ2n) is 14.7. The van der Waals surface area contributed by atoms with Gasteiger partial charge in [0.15, 0.2) is 5.13 Å². The fourth-order valence-corrected chi connectivity index (χ4v) is 11.1.